The molecule has 4 heterocycles. The number of anilines is 3. The standard InChI is InChI=1S/C32H41N9O2/c1-7-21(2)23(4)16-28(39(5)6)32(42)36-27-17-26(9-8-22(27)3)43-31-11-10-30-37-29(20-41(30)38-31)35-24-18-34-40(19-24)25-12-14-33-15-13-25/h8-11,16-20,25,33,35H,7,12-15H2,1-6H3,(H,36,42). The normalized spacial score (nSPS) is 14.9. The fraction of sp³-hybridized carbons (Fsp3) is 0.375. The van der Waals surface area contributed by atoms with Crippen molar-refractivity contribution in [2.75, 3.05) is 37.8 Å². The second kappa shape index (κ2) is 13.1. The number of carbonyl (C=O) groups is 1. The summed E-state index contributed by atoms with van der Waals surface area (Å²) in [5.74, 6) is 1.44. The first kappa shape index (κ1) is 29.8. The third-order valence-electron chi connectivity index (χ3n) is 7.80. The predicted octanol–water partition coefficient (Wildman–Crippen LogP) is 5.83. The molecular weight excluding hydrogens is 542 g/mol. The van der Waals surface area contributed by atoms with Crippen molar-refractivity contribution >= 4 is 28.7 Å². The number of benzene rings is 1. The number of fused-ring (bicyclic) bond motifs is 1. The van der Waals surface area contributed by atoms with Crippen LogP contribution in [0.1, 0.15) is 51.6 Å². The summed E-state index contributed by atoms with van der Waals surface area (Å²) in [6.07, 6.45) is 10.7. The molecule has 0 aliphatic carbocycles. The molecule has 1 aliphatic heterocycles. The van der Waals surface area contributed by atoms with Crippen LogP contribution < -0.4 is 20.7 Å². The zero-order valence-electron chi connectivity index (χ0n) is 25.8. The zero-order chi connectivity index (χ0) is 30.5. The Labute approximate surface area is 252 Å². The number of aromatic nitrogens is 5. The van der Waals surface area contributed by atoms with E-state index in [1.54, 1.807) is 10.6 Å². The Morgan fingerprint density at radius 3 is 2.70 bits per heavy atom. The predicted molar refractivity (Wildman–Crippen MR) is 170 cm³/mol. The fourth-order valence-corrected chi connectivity index (χ4v) is 4.91. The van der Waals surface area contributed by atoms with Crippen molar-refractivity contribution in [3.05, 3.63) is 77.4 Å². The van der Waals surface area contributed by atoms with E-state index in [4.69, 9.17) is 4.74 Å². The average Bonchev–Trinajstić information content (AvgIpc) is 3.63. The van der Waals surface area contributed by atoms with Gasteiger partial charge >= 0.3 is 0 Å². The van der Waals surface area contributed by atoms with E-state index in [-0.39, 0.29) is 5.91 Å². The number of hydrogen-bond acceptors (Lipinski definition) is 8. The number of piperidine rings is 1. The van der Waals surface area contributed by atoms with Gasteiger partial charge in [0.1, 0.15) is 11.4 Å². The molecule has 0 saturated carbocycles. The summed E-state index contributed by atoms with van der Waals surface area (Å²) in [6, 6.07) is 9.63. The number of nitrogens with one attached hydrogen (secondary N) is 3. The van der Waals surface area contributed by atoms with E-state index in [2.05, 4.69) is 45.0 Å². The maximum Gasteiger partial charge on any atom is 0.271 e. The van der Waals surface area contributed by atoms with Crippen LogP contribution in [0.15, 0.2) is 71.8 Å². The van der Waals surface area contributed by atoms with E-state index in [1.165, 1.54) is 5.57 Å². The Hall–Kier alpha value is -4.64. The number of hydrogen-bond donors (Lipinski definition) is 3. The molecule has 3 N–H and O–H groups in total. The highest BCUT2D eigenvalue weighted by Gasteiger charge is 2.17. The monoisotopic (exact) mass is 583 g/mol. The number of rotatable bonds is 10. The number of aryl methyl sites for hydroxylation is 1. The molecule has 0 spiro atoms. The molecule has 0 unspecified atom stereocenters. The van der Waals surface area contributed by atoms with Crippen LogP contribution >= 0.6 is 0 Å². The molecule has 1 amide bonds. The van der Waals surface area contributed by atoms with Crippen molar-refractivity contribution in [3.8, 4) is 11.6 Å². The highest BCUT2D eigenvalue weighted by molar-refractivity contribution is 6.04. The van der Waals surface area contributed by atoms with Gasteiger partial charge in [0, 0.05) is 38.1 Å². The summed E-state index contributed by atoms with van der Waals surface area (Å²) in [7, 11) is 3.74. The molecule has 1 aliphatic rings. The lowest BCUT2D eigenvalue weighted by molar-refractivity contribution is -0.114. The van der Waals surface area contributed by atoms with Crippen LogP contribution in [0.2, 0.25) is 0 Å². The number of carbonyl (C=O) groups excluding carboxylic acids is 1. The topological polar surface area (TPSA) is 114 Å². The molecule has 11 nitrogen and oxygen atoms in total. The van der Waals surface area contributed by atoms with Crippen molar-refractivity contribution < 1.29 is 9.53 Å². The van der Waals surface area contributed by atoms with E-state index in [0.29, 0.717) is 40.5 Å². The molecule has 43 heavy (non-hydrogen) atoms. The molecule has 0 atom stereocenters. The lowest BCUT2D eigenvalue weighted by atomic mass is 10.1. The molecule has 11 heteroatoms. The Morgan fingerprint density at radius 2 is 1.95 bits per heavy atom. The van der Waals surface area contributed by atoms with Gasteiger partial charge in [-0.1, -0.05) is 18.6 Å². The average molecular weight is 584 g/mol. The SMILES string of the molecule is CCC(C)=C(C)C=C(C(=O)Nc1cc(Oc2ccc3nc(Nc4cnn(C5CCNCC5)c4)cn3n2)ccc1C)N(C)C. The Bertz CT molecular complexity index is 1660. The molecule has 3 aromatic heterocycles. The lowest BCUT2D eigenvalue weighted by Crippen LogP contribution is -2.29. The van der Waals surface area contributed by atoms with E-state index in [9.17, 15) is 4.79 Å². The van der Waals surface area contributed by atoms with Crippen LogP contribution in [-0.4, -0.2) is 62.4 Å². The van der Waals surface area contributed by atoms with E-state index >= 15 is 0 Å². The van der Waals surface area contributed by atoms with Gasteiger partial charge in [0.05, 0.1) is 24.1 Å². The van der Waals surface area contributed by atoms with Gasteiger partial charge in [-0.25, -0.2) is 9.50 Å². The van der Waals surface area contributed by atoms with E-state index in [0.717, 1.165) is 49.2 Å². The molecule has 5 rings (SSSR count). The Morgan fingerprint density at radius 1 is 1.16 bits per heavy atom. The fourth-order valence-electron chi connectivity index (χ4n) is 4.91. The second-order valence-corrected chi connectivity index (χ2v) is 11.2. The van der Waals surface area contributed by atoms with Crippen LogP contribution in [0.5, 0.6) is 11.6 Å². The summed E-state index contributed by atoms with van der Waals surface area (Å²) in [5.41, 5.74) is 6.06. The summed E-state index contributed by atoms with van der Waals surface area (Å²) < 4.78 is 9.80. The number of likely N-dealkylation sites (N-methyl/N-ethyl adjacent to an activating group) is 1. The van der Waals surface area contributed by atoms with Crippen molar-refractivity contribution in [2.45, 2.75) is 53.0 Å². The van der Waals surface area contributed by atoms with Crippen molar-refractivity contribution in [3.63, 3.8) is 0 Å². The van der Waals surface area contributed by atoms with E-state index < -0.39 is 0 Å². The van der Waals surface area contributed by atoms with Crippen LogP contribution in [0.3, 0.4) is 0 Å². The van der Waals surface area contributed by atoms with Crippen molar-refractivity contribution in [2.24, 2.45) is 0 Å². The summed E-state index contributed by atoms with van der Waals surface area (Å²) in [5, 5.41) is 18.9. The Kier molecular flexibility index (Phi) is 9.10. The van der Waals surface area contributed by atoms with Crippen molar-refractivity contribution in [1.82, 2.24) is 34.6 Å². The van der Waals surface area contributed by atoms with Crippen molar-refractivity contribution in [1.29, 1.82) is 0 Å². The van der Waals surface area contributed by atoms with Gasteiger partial charge in [0.25, 0.3) is 5.91 Å². The minimum atomic E-state index is -0.187. The lowest BCUT2D eigenvalue weighted by Gasteiger charge is -2.22. The second-order valence-electron chi connectivity index (χ2n) is 11.2. The largest absolute Gasteiger partial charge is 0.438 e. The third-order valence-corrected chi connectivity index (χ3v) is 7.80. The van der Waals surface area contributed by atoms with Gasteiger partial charge in [0.2, 0.25) is 5.88 Å². The summed E-state index contributed by atoms with van der Waals surface area (Å²) in [6.45, 7) is 10.2. The highest BCUT2D eigenvalue weighted by Crippen LogP contribution is 2.27. The minimum absolute atomic E-state index is 0.187. The molecule has 1 saturated heterocycles. The number of amides is 1. The van der Waals surface area contributed by atoms with Gasteiger partial charge in [-0.15, -0.1) is 5.10 Å². The first-order chi connectivity index (χ1) is 20.7. The van der Waals surface area contributed by atoms with Gasteiger partial charge < -0.3 is 25.6 Å². The first-order valence-corrected chi connectivity index (χ1v) is 14.7. The minimum Gasteiger partial charge on any atom is -0.438 e. The maximum absolute atomic E-state index is 13.3. The van der Waals surface area contributed by atoms with Gasteiger partial charge in [-0.2, -0.15) is 5.10 Å². The molecule has 1 aromatic carbocycles. The number of allylic oxidation sites excluding steroid dienone is 3. The number of imidazole rings is 1. The van der Waals surface area contributed by atoms with Crippen LogP contribution in [0.25, 0.3) is 5.65 Å². The molecule has 0 bridgehead atoms. The quantitative estimate of drug-likeness (QED) is 0.158. The van der Waals surface area contributed by atoms with Gasteiger partial charge in [-0.05, 0) is 82.5 Å². The van der Waals surface area contributed by atoms with Gasteiger partial charge in [-0.3, -0.25) is 9.48 Å². The third kappa shape index (κ3) is 7.23. The maximum atomic E-state index is 13.3. The smallest absolute Gasteiger partial charge is 0.271 e. The summed E-state index contributed by atoms with van der Waals surface area (Å²) in [4.78, 5) is 19.7. The molecule has 4 aromatic rings. The highest BCUT2D eigenvalue weighted by atomic mass is 16.5. The number of nitrogens with zero attached hydrogens (tertiary/aromatic N) is 6. The Balaban J connectivity index is 1.28. The van der Waals surface area contributed by atoms with Crippen LogP contribution in [-0.2, 0) is 4.79 Å². The van der Waals surface area contributed by atoms with E-state index in [1.807, 2.05) is 86.5 Å². The van der Waals surface area contributed by atoms with Crippen LogP contribution in [0.4, 0.5) is 17.2 Å². The first-order valence-electron chi connectivity index (χ1n) is 14.7. The molecule has 0 radical (unpaired) electrons. The number of ether oxygens (including phenoxy) is 1. The molecular formula is C32H41N9O2. The van der Waals surface area contributed by atoms with Crippen LogP contribution in [0, 0.1) is 6.92 Å². The summed E-state index contributed by atoms with van der Waals surface area (Å²) >= 11 is 0. The van der Waals surface area contributed by atoms with Gasteiger partial charge in [0.15, 0.2) is 11.5 Å². The molecule has 226 valence electrons. The molecule has 1 fully saturated rings. The zero-order valence-corrected chi connectivity index (χ0v) is 25.8.